The van der Waals surface area contributed by atoms with E-state index in [2.05, 4.69) is 57.2 Å². The van der Waals surface area contributed by atoms with Crippen molar-refractivity contribution in [2.45, 2.75) is 32.3 Å². The lowest BCUT2D eigenvalue weighted by Gasteiger charge is -2.36. The van der Waals surface area contributed by atoms with E-state index in [0.29, 0.717) is 5.92 Å². The van der Waals surface area contributed by atoms with E-state index in [1.54, 1.807) is 0 Å². The van der Waals surface area contributed by atoms with E-state index in [1.807, 2.05) is 24.4 Å². The van der Waals surface area contributed by atoms with Crippen LogP contribution in [0.4, 0.5) is 0 Å². The molecule has 2 aromatic heterocycles. The largest absolute Gasteiger partial charge is 0.466 e. The minimum absolute atomic E-state index is 0.293. The monoisotopic (exact) mass is 364 g/mol. The highest BCUT2D eigenvalue weighted by Gasteiger charge is 2.39. The molecule has 28 heavy (non-hydrogen) atoms. The summed E-state index contributed by atoms with van der Waals surface area (Å²) >= 11 is 0. The van der Waals surface area contributed by atoms with E-state index in [9.17, 15) is 0 Å². The van der Waals surface area contributed by atoms with Gasteiger partial charge in [0.15, 0.2) is 0 Å². The molecule has 1 aliphatic carbocycles. The van der Waals surface area contributed by atoms with Crippen LogP contribution >= 0.6 is 0 Å². The lowest BCUT2D eigenvalue weighted by molar-refractivity contribution is 0.0994. The number of rotatable bonds is 0. The summed E-state index contributed by atoms with van der Waals surface area (Å²) in [5.41, 5.74) is 9.09. The van der Waals surface area contributed by atoms with Gasteiger partial charge in [0.1, 0.15) is 5.60 Å². The zero-order valence-corrected chi connectivity index (χ0v) is 16.2. The van der Waals surface area contributed by atoms with E-state index in [-0.39, 0.29) is 0 Å². The van der Waals surface area contributed by atoms with Gasteiger partial charge in [-0.05, 0) is 48.7 Å². The summed E-state index contributed by atoms with van der Waals surface area (Å²) in [7, 11) is 0. The molecule has 3 heteroatoms. The summed E-state index contributed by atoms with van der Waals surface area (Å²) in [5, 5.41) is 1.13. The van der Waals surface area contributed by atoms with E-state index in [4.69, 9.17) is 14.7 Å². The van der Waals surface area contributed by atoms with Crippen molar-refractivity contribution >= 4 is 10.9 Å². The van der Waals surface area contributed by atoms with Crippen LogP contribution in [0.3, 0.4) is 0 Å². The number of para-hydroxylation sites is 1. The van der Waals surface area contributed by atoms with Crippen LogP contribution in [0.15, 0.2) is 60.8 Å². The number of ether oxygens (including phenoxy) is 1. The van der Waals surface area contributed by atoms with Gasteiger partial charge in [0.25, 0.3) is 0 Å². The second kappa shape index (κ2) is 5.20. The van der Waals surface area contributed by atoms with Crippen LogP contribution in [0, 0.1) is 0 Å². The topological polar surface area (TPSA) is 35.0 Å². The minimum atomic E-state index is -0.436. The van der Waals surface area contributed by atoms with Gasteiger partial charge in [-0.25, -0.2) is 4.98 Å². The molecular formula is C25H20N2O. The molecule has 0 amide bonds. The number of nitrogens with zero attached hydrogens (tertiary/aromatic N) is 2. The number of benzene rings is 2. The Morgan fingerprint density at radius 2 is 1.82 bits per heavy atom. The highest BCUT2D eigenvalue weighted by Crippen LogP contribution is 2.54. The highest BCUT2D eigenvalue weighted by molar-refractivity contribution is 5.93. The van der Waals surface area contributed by atoms with Gasteiger partial charge in [0.05, 0.1) is 11.2 Å². The molecule has 2 aromatic carbocycles. The molecule has 0 radical (unpaired) electrons. The fraction of sp³-hybridized carbons (Fsp3) is 0.200. The third-order valence-electron chi connectivity index (χ3n) is 6.20. The maximum atomic E-state index is 6.40. The lowest BCUT2D eigenvalue weighted by Crippen LogP contribution is -2.30. The SMILES string of the molecule is CC1c2cccnc2-c2ccc3c(c21)-c1cc2ccccc2nc1OC3(C)C. The molecule has 3 nitrogen and oxygen atoms in total. The van der Waals surface area contributed by atoms with Gasteiger partial charge >= 0.3 is 0 Å². The Balaban J connectivity index is 1.73. The molecule has 1 atom stereocenters. The standard InChI is InChI=1S/C25H20N2O/c1-14-16-8-6-12-26-23(16)17-10-11-19-22(21(14)17)18-13-15-7-4-5-9-20(15)27-24(18)28-25(19,2)3/h4-14H,1-3H3. The van der Waals surface area contributed by atoms with Crippen LogP contribution in [0.5, 0.6) is 5.88 Å². The minimum Gasteiger partial charge on any atom is -0.466 e. The maximum absolute atomic E-state index is 6.40. The van der Waals surface area contributed by atoms with Gasteiger partial charge in [-0.15, -0.1) is 0 Å². The summed E-state index contributed by atoms with van der Waals surface area (Å²) in [4.78, 5) is 9.57. The number of hydrogen-bond acceptors (Lipinski definition) is 3. The fourth-order valence-corrected chi connectivity index (χ4v) is 4.87. The molecule has 0 bridgehead atoms. The van der Waals surface area contributed by atoms with Crippen LogP contribution < -0.4 is 4.74 Å². The molecule has 2 aliphatic rings. The fourth-order valence-electron chi connectivity index (χ4n) is 4.87. The van der Waals surface area contributed by atoms with Gasteiger partial charge in [0.2, 0.25) is 5.88 Å². The Hall–Kier alpha value is -3.20. The van der Waals surface area contributed by atoms with Crippen molar-refractivity contribution in [1.29, 1.82) is 0 Å². The number of pyridine rings is 2. The lowest BCUT2D eigenvalue weighted by atomic mass is 9.80. The van der Waals surface area contributed by atoms with Crippen molar-refractivity contribution in [3.05, 3.63) is 77.5 Å². The van der Waals surface area contributed by atoms with E-state index < -0.39 is 5.60 Å². The second-order valence-electron chi connectivity index (χ2n) is 8.26. The summed E-state index contributed by atoms with van der Waals surface area (Å²) in [5.74, 6) is 1.02. The van der Waals surface area contributed by atoms with Gasteiger partial charge in [-0.3, -0.25) is 4.98 Å². The van der Waals surface area contributed by atoms with Crippen molar-refractivity contribution in [3.8, 4) is 28.3 Å². The predicted molar refractivity (Wildman–Crippen MR) is 112 cm³/mol. The Labute approximate surface area is 164 Å². The average molecular weight is 364 g/mol. The smallest absolute Gasteiger partial charge is 0.222 e. The molecule has 6 rings (SSSR count). The second-order valence-corrected chi connectivity index (χ2v) is 8.26. The van der Waals surface area contributed by atoms with Crippen molar-refractivity contribution in [2.24, 2.45) is 0 Å². The molecule has 0 saturated carbocycles. The third kappa shape index (κ3) is 1.94. The van der Waals surface area contributed by atoms with Gasteiger partial charge in [0, 0.05) is 34.2 Å². The van der Waals surface area contributed by atoms with Crippen molar-refractivity contribution in [1.82, 2.24) is 9.97 Å². The van der Waals surface area contributed by atoms with Gasteiger partial charge in [-0.1, -0.05) is 43.3 Å². The Kier molecular flexibility index (Phi) is 2.94. The maximum Gasteiger partial charge on any atom is 0.222 e. The molecule has 0 fully saturated rings. The van der Waals surface area contributed by atoms with Crippen molar-refractivity contribution in [3.63, 3.8) is 0 Å². The molecule has 0 saturated heterocycles. The summed E-state index contributed by atoms with van der Waals surface area (Å²) < 4.78 is 6.40. The van der Waals surface area contributed by atoms with Gasteiger partial charge in [-0.2, -0.15) is 0 Å². The molecule has 0 spiro atoms. The molecular weight excluding hydrogens is 344 g/mol. The first-order valence-electron chi connectivity index (χ1n) is 9.76. The van der Waals surface area contributed by atoms with E-state index in [0.717, 1.165) is 28.0 Å². The first-order valence-corrected chi connectivity index (χ1v) is 9.76. The van der Waals surface area contributed by atoms with Crippen LogP contribution in [-0.4, -0.2) is 9.97 Å². The van der Waals surface area contributed by atoms with Gasteiger partial charge < -0.3 is 4.74 Å². The quantitative estimate of drug-likeness (QED) is 0.380. The van der Waals surface area contributed by atoms with Crippen LogP contribution in [0.1, 0.15) is 43.4 Å². The Morgan fingerprint density at radius 3 is 2.71 bits per heavy atom. The highest BCUT2D eigenvalue weighted by atomic mass is 16.5. The zero-order valence-electron chi connectivity index (χ0n) is 16.2. The van der Waals surface area contributed by atoms with Crippen molar-refractivity contribution in [2.75, 3.05) is 0 Å². The summed E-state index contributed by atoms with van der Waals surface area (Å²) in [6.07, 6.45) is 1.89. The molecule has 1 aliphatic heterocycles. The van der Waals surface area contributed by atoms with Crippen LogP contribution in [0.25, 0.3) is 33.3 Å². The summed E-state index contributed by atoms with van der Waals surface area (Å²) in [6, 6.07) is 19.1. The Bertz CT molecular complexity index is 1290. The van der Waals surface area contributed by atoms with Crippen LogP contribution in [0.2, 0.25) is 0 Å². The molecule has 3 heterocycles. The molecule has 136 valence electrons. The predicted octanol–water partition coefficient (Wildman–Crippen LogP) is 6.06. The van der Waals surface area contributed by atoms with Crippen molar-refractivity contribution < 1.29 is 4.74 Å². The normalized spacial score (nSPS) is 18.0. The first-order chi connectivity index (χ1) is 13.5. The molecule has 1 unspecified atom stereocenters. The van der Waals surface area contributed by atoms with E-state index in [1.165, 1.54) is 27.8 Å². The molecule has 0 N–H and O–H groups in total. The number of hydrogen-bond donors (Lipinski definition) is 0. The number of aromatic nitrogens is 2. The number of fused-ring (bicyclic) bond motifs is 8. The van der Waals surface area contributed by atoms with E-state index >= 15 is 0 Å². The Morgan fingerprint density at radius 1 is 0.964 bits per heavy atom. The summed E-state index contributed by atoms with van der Waals surface area (Å²) in [6.45, 7) is 6.54. The average Bonchev–Trinajstić information content (AvgIpc) is 2.99. The zero-order chi connectivity index (χ0) is 19.0. The van der Waals surface area contributed by atoms with Crippen LogP contribution in [-0.2, 0) is 5.60 Å². The third-order valence-corrected chi connectivity index (χ3v) is 6.20. The molecule has 4 aromatic rings. The first kappa shape index (κ1) is 15.8.